The molecule has 2 nitrogen and oxygen atoms in total. The minimum atomic E-state index is -0.475. The molecular formula is C10H19BrO2. The Morgan fingerprint density at radius 1 is 1.46 bits per heavy atom. The largest absolute Gasteiger partial charge is 0.465 e. The van der Waals surface area contributed by atoms with Gasteiger partial charge in [0.2, 0.25) is 0 Å². The molecule has 0 fully saturated rings. The molecule has 0 radical (unpaired) electrons. The molecule has 0 aliphatic heterocycles. The van der Waals surface area contributed by atoms with E-state index in [1.54, 1.807) is 0 Å². The second-order valence-electron chi connectivity index (χ2n) is 3.64. The van der Waals surface area contributed by atoms with E-state index in [1.807, 2.05) is 13.8 Å². The molecule has 78 valence electrons. The number of carbonyl (C=O) groups excluding carboxylic acids is 1. The summed E-state index contributed by atoms with van der Waals surface area (Å²) in [5.74, 6) is 0.356. The number of rotatable bonds is 5. The maximum absolute atomic E-state index is 11.6. The van der Waals surface area contributed by atoms with Gasteiger partial charge in [-0.15, -0.1) is 0 Å². The Bertz CT molecular complexity index is 168. The normalized spacial score (nSPS) is 15.5. The zero-order chi connectivity index (χ0) is 10.5. The highest BCUT2D eigenvalue weighted by Crippen LogP contribution is 2.31. The summed E-state index contributed by atoms with van der Waals surface area (Å²) in [6, 6.07) is 0. The van der Waals surface area contributed by atoms with Crippen molar-refractivity contribution in [2.45, 2.75) is 44.9 Å². The van der Waals surface area contributed by atoms with Gasteiger partial charge in [-0.1, -0.05) is 36.7 Å². The molecule has 0 saturated carbocycles. The summed E-state index contributed by atoms with van der Waals surface area (Å²) >= 11 is 3.48. The lowest BCUT2D eigenvalue weighted by molar-refractivity contribution is -0.146. The maximum atomic E-state index is 11.6. The number of alkyl halides is 1. The average Bonchev–Trinajstić information content (AvgIpc) is 2.03. The number of esters is 1. The Hall–Kier alpha value is -0.0500. The zero-order valence-electron chi connectivity index (χ0n) is 8.89. The van der Waals surface area contributed by atoms with Crippen LogP contribution in [0.2, 0.25) is 0 Å². The van der Waals surface area contributed by atoms with Crippen LogP contribution in [0.25, 0.3) is 0 Å². The van der Waals surface area contributed by atoms with Crippen LogP contribution in [0.5, 0.6) is 0 Å². The minimum absolute atomic E-state index is 0.133. The Labute approximate surface area is 89.2 Å². The van der Waals surface area contributed by atoms with Gasteiger partial charge in [0, 0.05) is 0 Å². The maximum Gasteiger partial charge on any atom is 0.322 e. The fraction of sp³-hybridized carbons (Fsp3) is 0.900. The van der Waals surface area contributed by atoms with E-state index in [4.69, 9.17) is 4.74 Å². The first kappa shape index (κ1) is 12.9. The molecule has 1 atom stereocenters. The summed E-state index contributed by atoms with van der Waals surface area (Å²) in [6.45, 7) is 8.48. The first-order valence-electron chi connectivity index (χ1n) is 4.82. The molecular weight excluding hydrogens is 232 g/mol. The SMILES string of the molecule is CCOC(=O)C(Br)(CC)CC(C)C. The van der Waals surface area contributed by atoms with E-state index in [-0.39, 0.29) is 5.97 Å². The molecule has 0 aromatic heterocycles. The van der Waals surface area contributed by atoms with Crippen molar-refractivity contribution in [3.8, 4) is 0 Å². The Morgan fingerprint density at radius 2 is 2.00 bits per heavy atom. The van der Waals surface area contributed by atoms with Gasteiger partial charge >= 0.3 is 5.97 Å². The van der Waals surface area contributed by atoms with Crippen LogP contribution in [0.1, 0.15) is 40.5 Å². The molecule has 1 unspecified atom stereocenters. The van der Waals surface area contributed by atoms with Gasteiger partial charge in [-0.3, -0.25) is 4.79 Å². The van der Waals surface area contributed by atoms with Crippen molar-refractivity contribution >= 4 is 21.9 Å². The van der Waals surface area contributed by atoms with Gasteiger partial charge in [-0.25, -0.2) is 0 Å². The van der Waals surface area contributed by atoms with Crippen LogP contribution < -0.4 is 0 Å². The molecule has 0 spiro atoms. The third-order valence-corrected chi connectivity index (χ3v) is 3.14. The van der Waals surface area contributed by atoms with Gasteiger partial charge < -0.3 is 4.74 Å². The number of hydrogen-bond acceptors (Lipinski definition) is 2. The highest BCUT2D eigenvalue weighted by Gasteiger charge is 2.35. The van der Waals surface area contributed by atoms with E-state index < -0.39 is 4.32 Å². The first-order chi connectivity index (χ1) is 5.96. The van der Waals surface area contributed by atoms with Gasteiger partial charge in [0.25, 0.3) is 0 Å². The molecule has 0 aromatic rings. The van der Waals surface area contributed by atoms with Crippen LogP contribution in [0.4, 0.5) is 0 Å². The summed E-state index contributed by atoms with van der Waals surface area (Å²) in [4.78, 5) is 11.6. The van der Waals surface area contributed by atoms with Crippen LogP contribution in [0.15, 0.2) is 0 Å². The first-order valence-corrected chi connectivity index (χ1v) is 5.61. The molecule has 0 bridgehead atoms. The standard InChI is InChI=1S/C10H19BrO2/c1-5-10(11,7-8(3)4)9(12)13-6-2/h8H,5-7H2,1-4H3. The summed E-state index contributed by atoms with van der Waals surface area (Å²) in [7, 11) is 0. The van der Waals surface area contributed by atoms with Crippen LogP contribution in [-0.4, -0.2) is 16.9 Å². The fourth-order valence-electron chi connectivity index (χ4n) is 1.28. The number of carbonyl (C=O) groups is 1. The highest BCUT2D eigenvalue weighted by molar-refractivity contribution is 9.10. The van der Waals surface area contributed by atoms with E-state index in [1.165, 1.54) is 0 Å². The summed E-state index contributed by atoms with van der Waals surface area (Å²) in [6.07, 6.45) is 1.59. The van der Waals surface area contributed by atoms with Crippen LogP contribution in [0.3, 0.4) is 0 Å². The number of halogens is 1. The molecule has 0 heterocycles. The predicted octanol–water partition coefficient (Wildman–Crippen LogP) is 3.14. The lowest BCUT2D eigenvalue weighted by Gasteiger charge is -2.25. The van der Waals surface area contributed by atoms with Gasteiger partial charge in [0.15, 0.2) is 0 Å². The highest BCUT2D eigenvalue weighted by atomic mass is 79.9. The smallest absolute Gasteiger partial charge is 0.322 e. The van der Waals surface area contributed by atoms with E-state index in [0.29, 0.717) is 12.5 Å². The molecule has 0 N–H and O–H groups in total. The van der Waals surface area contributed by atoms with Crippen molar-refractivity contribution in [3.05, 3.63) is 0 Å². The zero-order valence-corrected chi connectivity index (χ0v) is 10.5. The third kappa shape index (κ3) is 4.12. The monoisotopic (exact) mass is 250 g/mol. The molecule has 13 heavy (non-hydrogen) atoms. The Kier molecular flexibility index (Phi) is 5.61. The Balaban J connectivity index is 4.33. The molecule has 0 aromatic carbocycles. The van der Waals surface area contributed by atoms with Crippen molar-refractivity contribution in [1.29, 1.82) is 0 Å². The van der Waals surface area contributed by atoms with E-state index in [0.717, 1.165) is 12.8 Å². The van der Waals surface area contributed by atoms with Crippen molar-refractivity contribution in [2.75, 3.05) is 6.61 Å². The molecule has 0 saturated heterocycles. The third-order valence-electron chi connectivity index (χ3n) is 1.93. The van der Waals surface area contributed by atoms with Crippen LogP contribution in [-0.2, 0) is 9.53 Å². The fourth-order valence-corrected chi connectivity index (χ4v) is 2.04. The molecule has 0 amide bonds. The van der Waals surface area contributed by atoms with Gasteiger partial charge in [0.05, 0.1) is 6.61 Å². The van der Waals surface area contributed by atoms with Crippen molar-refractivity contribution in [3.63, 3.8) is 0 Å². The average molecular weight is 251 g/mol. The lowest BCUT2D eigenvalue weighted by Crippen LogP contribution is -2.34. The van der Waals surface area contributed by atoms with Crippen molar-refractivity contribution < 1.29 is 9.53 Å². The van der Waals surface area contributed by atoms with Crippen molar-refractivity contribution in [1.82, 2.24) is 0 Å². The quantitative estimate of drug-likeness (QED) is 0.554. The number of hydrogen-bond donors (Lipinski definition) is 0. The van der Waals surface area contributed by atoms with E-state index >= 15 is 0 Å². The van der Waals surface area contributed by atoms with Gasteiger partial charge in [-0.05, 0) is 25.7 Å². The summed E-state index contributed by atoms with van der Waals surface area (Å²) in [5, 5.41) is 0. The second kappa shape index (κ2) is 5.63. The molecule has 0 aliphatic carbocycles. The predicted molar refractivity (Wildman–Crippen MR) is 58.0 cm³/mol. The summed E-state index contributed by atoms with van der Waals surface area (Å²) in [5.41, 5.74) is 0. The number of ether oxygens (including phenoxy) is 1. The molecule has 3 heteroatoms. The minimum Gasteiger partial charge on any atom is -0.465 e. The van der Waals surface area contributed by atoms with Gasteiger partial charge in [0.1, 0.15) is 4.32 Å². The van der Waals surface area contributed by atoms with Crippen LogP contribution in [0, 0.1) is 5.92 Å². The van der Waals surface area contributed by atoms with E-state index in [2.05, 4.69) is 29.8 Å². The Morgan fingerprint density at radius 3 is 2.31 bits per heavy atom. The summed E-state index contributed by atoms with van der Waals surface area (Å²) < 4.78 is 4.54. The topological polar surface area (TPSA) is 26.3 Å². The van der Waals surface area contributed by atoms with Gasteiger partial charge in [-0.2, -0.15) is 0 Å². The van der Waals surface area contributed by atoms with E-state index in [9.17, 15) is 4.79 Å². The molecule has 0 rings (SSSR count). The van der Waals surface area contributed by atoms with Crippen molar-refractivity contribution in [2.24, 2.45) is 5.92 Å². The molecule has 0 aliphatic rings. The second-order valence-corrected chi connectivity index (χ2v) is 5.16. The lowest BCUT2D eigenvalue weighted by atomic mass is 9.95. The van der Waals surface area contributed by atoms with Crippen LogP contribution >= 0.6 is 15.9 Å².